The van der Waals surface area contributed by atoms with Gasteiger partial charge in [-0.2, -0.15) is 0 Å². The molecule has 0 saturated carbocycles. The van der Waals surface area contributed by atoms with Crippen LogP contribution in [-0.2, 0) is 0 Å². The Labute approximate surface area is 145 Å². The molecule has 3 rings (SSSR count). The van der Waals surface area contributed by atoms with Crippen molar-refractivity contribution in [2.75, 3.05) is 33.2 Å². The Kier molecular flexibility index (Phi) is 18.0. The van der Waals surface area contributed by atoms with Gasteiger partial charge in [-0.1, -0.05) is 34.6 Å². The zero-order chi connectivity index (χ0) is 18.1. The number of aliphatic imine (C=N–C) groups is 3. The van der Waals surface area contributed by atoms with Gasteiger partial charge in [0.1, 0.15) is 0 Å². The summed E-state index contributed by atoms with van der Waals surface area (Å²) < 4.78 is 0. The quantitative estimate of drug-likeness (QED) is 0.634. The maximum Gasteiger partial charge on any atom is 0.0848 e. The lowest BCUT2D eigenvalue weighted by Gasteiger charge is -1.99. The normalized spacial score (nSPS) is 20.5. The molecule has 4 heteroatoms. The van der Waals surface area contributed by atoms with Crippen molar-refractivity contribution in [3.05, 3.63) is 0 Å². The molecule has 1 atom stereocenters. The van der Waals surface area contributed by atoms with E-state index in [1.54, 1.807) is 0 Å². The van der Waals surface area contributed by atoms with Crippen molar-refractivity contribution >= 4 is 17.8 Å². The highest BCUT2D eigenvalue weighted by Crippen LogP contribution is 2.10. The topological polar surface area (TPSA) is 40.3 Å². The summed E-state index contributed by atoms with van der Waals surface area (Å²) in [7, 11) is 2.02. The van der Waals surface area contributed by atoms with Crippen molar-refractivity contribution in [2.24, 2.45) is 20.9 Å². The third-order valence-electron chi connectivity index (χ3n) is 3.26. The second-order valence-electron chi connectivity index (χ2n) is 5.61. The molecule has 3 heterocycles. The van der Waals surface area contributed by atoms with Crippen molar-refractivity contribution in [1.82, 2.24) is 4.90 Å². The Morgan fingerprint density at radius 1 is 1.00 bits per heavy atom. The molecular formula is C19H40N4. The zero-order valence-electron chi connectivity index (χ0n) is 16.9. The molecule has 4 nitrogen and oxygen atoms in total. The van der Waals surface area contributed by atoms with Gasteiger partial charge in [-0.25, -0.2) is 0 Å². The Bertz CT molecular complexity index is 345. The minimum absolute atomic E-state index is 0.819. The Morgan fingerprint density at radius 2 is 1.65 bits per heavy atom. The van der Waals surface area contributed by atoms with Crippen LogP contribution in [0.15, 0.2) is 15.0 Å². The van der Waals surface area contributed by atoms with Crippen LogP contribution in [0.3, 0.4) is 0 Å². The first kappa shape index (κ1) is 24.1. The van der Waals surface area contributed by atoms with E-state index >= 15 is 0 Å². The van der Waals surface area contributed by atoms with Gasteiger partial charge in [-0.3, -0.25) is 15.0 Å². The average Bonchev–Trinajstić information content (AvgIpc) is 3.30. The lowest BCUT2D eigenvalue weighted by atomic mass is 10.1. The molecule has 0 bridgehead atoms. The molecule has 3 aliphatic rings. The molecule has 0 aromatic heterocycles. The van der Waals surface area contributed by atoms with Crippen molar-refractivity contribution in [2.45, 2.75) is 67.7 Å². The average molecular weight is 325 g/mol. The molecule has 3 aliphatic heterocycles. The molecule has 0 aromatic rings. The lowest BCUT2D eigenvalue weighted by molar-refractivity contribution is 0.568. The second-order valence-corrected chi connectivity index (χ2v) is 5.61. The minimum atomic E-state index is 0.819. The summed E-state index contributed by atoms with van der Waals surface area (Å²) >= 11 is 0. The predicted octanol–water partition coefficient (Wildman–Crippen LogP) is 4.74. The fraction of sp³-hybridized carbons (Fsp3) is 0.842. The third kappa shape index (κ3) is 15.5. The second kappa shape index (κ2) is 17.2. The molecule has 0 saturated heterocycles. The number of hydrogen-bond acceptors (Lipinski definition) is 4. The Hall–Kier alpha value is -1.19. The van der Waals surface area contributed by atoms with E-state index in [0.717, 1.165) is 32.1 Å². The van der Waals surface area contributed by atoms with Gasteiger partial charge in [0.2, 0.25) is 0 Å². The summed E-state index contributed by atoms with van der Waals surface area (Å²) in [6.07, 6.45) is 5.60. The first-order valence-electron chi connectivity index (χ1n) is 9.28. The molecule has 0 spiro atoms. The van der Waals surface area contributed by atoms with Crippen LogP contribution >= 0.6 is 0 Å². The Balaban J connectivity index is 0. The van der Waals surface area contributed by atoms with E-state index < -0.39 is 0 Å². The third-order valence-corrected chi connectivity index (χ3v) is 3.26. The largest absolute Gasteiger partial charge is 0.364 e. The van der Waals surface area contributed by atoms with E-state index in [0.29, 0.717) is 0 Å². The van der Waals surface area contributed by atoms with Crippen molar-refractivity contribution in [3.8, 4) is 0 Å². The fourth-order valence-corrected chi connectivity index (χ4v) is 2.10. The van der Waals surface area contributed by atoms with Crippen LogP contribution in [0.4, 0.5) is 0 Å². The SMILES string of the molecule is CC.CC.CC1=NCC(C)C1.CC1=NCCC1.CN1C=NCC1. The van der Waals surface area contributed by atoms with Gasteiger partial charge < -0.3 is 4.90 Å². The summed E-state index contributed by atoms with van der Waals surface area (Å²) in [6, 6.07) is 0. The molecule has 0 radical (unpaired) electrons. The van der Waals surface area contributed by atoms with Crippen molar-refractivity contribution in [1.29, 1.82) is 0 Å². The van der Waals surface area contributed by atoms with Crippen molar-refractivity contribution < 1.29 is 0 Å². The van der Waals surface area contributed by atoms with Gasteiger partial charge in [0, 0.05) is 38.1 Å². The van der Waals surface area contributed by atoms with Gasteiger partial charge in [-0.15, -0.1) is 0 Å². The van der Waals surface area contributed by atoms with E-state index in [9.17, 15) is 0 Å². The summed E-state index contributed by atoms with van der Waals surface area (Å²) in [5.41, 5.74) is 2.66. The first-order valence-corrected chi connectivity index (χ1v) is 9.28. The van der Waals surface area contributed by atoms with Crippen LogP contribution < -0.4 is 0 Å². The van der Waals surface area contributed by atoms with E-state index in [1.165, 1.54) is 30.7 Å². The minimum Gasteiger partial charge on any atom is -0.364 e. The fourth-order valence-electron chi connectivity index (χ4n) is 2.10. The number of nitrogens with zero attached hydrogens (tertiary/aromatic N) is 4. The standard InChI is InChI=1S/C6H11N.C5H9N.C4H8N2.2C2H6/c1-5-3-6(2)7-4-5;1-5-3-2-4-6-5;1-6-3-2-5-4-6;2*1-2/h5H,3-4H2,1-2H3;2-4H2,1H3;4H,2-3H2,1H3;2*1-2H3. The molecule has 0 aromatic carbocycles. The number of hydrogen-bond donors (Lipinski definition) is 0. The summed E-state index contributed by atoms with van der Waals surface area (Å²) in [5.74, 6) is 0.819. The van der Waals surface area contributed by atoms with Gasteiger partial charge in [0.25, 0.3) is 0 Å². The van der Waals surface area contributed by atoms with Gasteiger partial charge in [0.15, 0.2) is 0 Å². The molecule has 0 amide bonds. The van der Waals surface area contributed by atoms with Crippen LogP contribution in [0.25, 0.3) is 0 Å². The summed E-state index contributed by atoms with van der Waals surface area (Å²) in [6.45, 7) is 18.6. The highest BCUT2D eigenvalue weighted by molar-refractivity contribution is 5.83. The molecule has 0 aliphatic carbocycles. The lowest BCUT2D eigenvalue weighted by Crippen LogP contribution is -2.11. The Morgan fingerprint density at radius 3 is 1.78 bits per heavy atom. The van der Waals surface area contributed by atoms with Crippen LogP contribution in [0, 0.1) is 5.92 Å². The smallest absolute Gasteiger partial charge is 0.0848 e. The maximum atomic E-state index is 4.23. The summed E-state index contributed by atoms with van der Waals surface area (Å²) in [5, 5.41) is 0. The van der Waals surface area contributed by atoms with E-state index in [-0.39, 0.29) is 0 Å². The molecular weight excluding hydrogens is 284 g/mol. The molecule has 0 fully saturated rings. The molecule has 1 unspecified atom stereocenters. The monoisotopic (exact) mass is 324 g/mol. The van der Waals surface area contributed by atoms with E-state index in [1.807, 2.05) is 41.1 Å². The highest BCUT2D eigenvalue weighted by Gasteiger charge is 2.08. The zero-order valence-corrected chi connectivity index (χ0v) is 16.9. The van der Waals surface area contributed by atoms with Crippen LogP contribution in [0.1, 0.15) is 67.7 Å². The van der Waals surface area contributed by atoms with E-state index in [4.69, 9.17) is 0 Å². The maximum absolute atomic E-state index is 4.23. The van der Waals surface area contributed by atoms with E-state index in [2.05, 4.69) is 40.6 Å². The number of likely N-dealkylation sites (N-methyl/N-ethyl adjacent to an activating group) is 1. The predicted molar refractivity (Wildman–Crippen MR) is 108 cm³/mol. The summed E-state index contributed by atoms with van der Waals surface area (Å²) in [4.78, 5) is 14.4. The first-order chi connectivity index (χ1) is 11.1. The van der Waals surface area contributed by atoms with Crippen LogP contribution in [-0.4, -0.2) is 55.9 Å². The van der Waals surface area contributed by atoms with Gasteiger partial charge in [-0.05, 0) is 39.0 Å². The molecule has 136 valence electrons. The highest BCUT2D eigenvalue weighted by atomic mass is 15.2. The van der Waals surface area contributed by atoms with Crippen LogP contribution in [0.5, 0.6) is 0 Å². The van der Waals surface area contributed by atoms with Crippen molar-refractivity contribution in [3.63, 3.8) is 0 Å². The van der Waals surface area contributed by atoms with Gasteiger partial charge in [0.05, 0.1) is 12.9 Å². The van der Waals surface area contributed by atoms with Crippen LogP contribution in [0.2, 0.25) is 0 Å². The number of rotatable bonds is 0. The molecule has 0 N–H and O–H groups in total. The van der Waals surface area contributed by atoms with Gasteiger partial charge >= 0.3 is 0 Å². The molecule has 23 heavy (non-hydrogen) atoms.